The summed E-state index contributed by atoms with van der Waals surface area (Å²) < 4.78 is 13.5. The maximum Gasteiger partial charge on any atom is 0.291 e. The Morgan fingerprint density at radius 3 is 2.67 bits per heavy atom. The summed E-state index contributed by atoms with van der Waals surface area (Å²) in [5.74, 6) is 1.14. The standard InChI is InChI=1S/C28H23Cl2N3O3/c1-17-27(18(2)33(32-17)15-20-10-11-21(29)14-24(20)30)31-28(34)26-13-12-22(36-26)16-35-25-9-5-7-19-6-3-4-8-23(19)25/h3-14H,15-16H2,1-2H3,(H,31,34). The molecule has 6 nitrogen and oxygen atoms in total. The van der Waals surface area contributed by atoms with E-state index in [-0.39, 0.29) is 18.3 Å². The Labute approximate surface area is 218 Å². The summed E-state index contributed by atoms with van der Waals surface area (Å²) in [6.45, 7) is 4.40. The molecule has 0 spiro atoms. The highest BCUT2D eigenvalue weighted by Gasteiger charge is 2.18. The number of hydrogen-bond acceptors (Lipinski definition) is 4. The van der Waals surface area contributed by atoms with Crippen LogP contribution in [-0.4, -0.2) is 15.7 Å². The van der Waals surface area contributed by atoms with Crippen molar-refractivity contribution in [3.63, 3.8) is 0 Å². The van der Waals surface area contributed by atoms with Gasteiger partial charge in [0.25, 0.3) is 5.91 Å². The molecule has 36 heavy (non-hydrogen) atoms. The van der Waals surface area contributed by atoms with Crippen LogP contribution in [0.1, 0.15) is 33.3 Å². The molecule has 0 unspecified atom stereocenters. The first-order chi connectivity index (χ1) is 17.4. The smallest absolute Gasteiger partial charge is 0.291 e. The van der Waals surface area contributed by atoms with Gasteiger partial charge in [-0.1, -0.05) is 65.7 Å². The van der Waals surface area contributed by atoms with E-state index in [2.05, 4.69) is 10.4 Å². The van der Waals surface area contributed by atoms with Crippen molar-refractivity contribution in [3.05, 3.63) is 111 Å². The third kappa shape index (κ3) is 4.96. The molecule has 0 fully saturated rings. The monoisotopic (exact) mass is 519 g/mol. The zero-order chi connectivity index (χ0) is 25.2. The Morgan fingerprint density at radius 2 is 1.83 bits per heavy atom. The summed E-state index contributed by atoms with van der Waals surface area (Å²) in [4.78, 5) is 12.9. The van der Waals surface area contributed by atoms with Crippen LogP contribution in [-0.2, 0) is 13.2 Å². The Bertz CT molecular complexity index is 1570. The lowest BCUT2D eigenvalue weighted by molar-refractivity contribution is 0.0992. The second-order valence-electron chi connectivity index (χ2n) is 8.43. The highest BCUT2D eigenvalue weighted by atomic mass is 35.5. The second kappa shape index (κ2) is 10.1. The average Bonchev–Trinajstić information content (AvgIpc) is 3.45. The first-order valence-corrected chi connectivity index (χ1v) is 12.1. The van der Waals surface area contributed by atoms with E-state index >= 15 is 0 Å². The van der Waals surface area contributed by atoms with Gasteiger partial charge in [0, 0.05) is 15.4 Å². The molecule has 0 aliphatic rings. The molecule has 0 aliphatic heterocycles. The van der Waals surface area contributed by atoms with E-state index in [9.17, 15) is 4.79 Å². The molecule has 5 rings (SSSR count). The number of nitrogens with one attached hydrogen (secondary N) is 1. The van der Waals surface area contributed by atoms with Gasteiger partial charge in [0.1, 0.15) is 18.1 Å². The van der Waals surface area contributed by atoms with Gasteiger partial charge in [0.05, 0.1) is 23.6 Å². The molecule has 0 bridgehead atoms. The lowest BCUT2D eigenvalue weighted by Crippen LogP contribution is -2.12. The molecule has 0 radical (unpaired) electrons. The summed E-state index contributed by atoms with van der Waals surface area (Å²) in [7, 11) is 0. The highest BCUT2D eigenvalue weighted by molar-refractivity contribution is 6.35. The summed E-state index contributed by atoms with van der Waals surface area (Å²) in [6, 6.07) is 22.6. The number of carbonyl (C=O) groups excluding carboxylic acids is 1. The van der Waals surface area contributed by atoms with Crippen molar-refractivity contribution >= 4 is 45.6 Å². The van der Waals surface area contributed by atoms with E-state index in [0.717, 1.165) is 27.8 Å². The topological polar surface area (TPSA) is 69.3 Å². The van der Waals surface area contributed by atoms with E-state index in [1.165, 1.54) is 0 Å². The van der Waals surface area contributed by atoms with Crippen LogP contribution in [0.4, 0.5) is 5.69 Å². The number of amides is 1. The van der Waals surface area contributed by atoms with Gasteiger partial charge < -0.3 is 14.5 Å². The number of halogens is 2. The van der Waals surface area contributed by atoms with Gasteiger partial charge in [-0.25, -0.2) is 0 Å². The van der Waals surface area contributed by atoms with Gasteiger partial charge in [0.2, 0.25) is 0 Å². The number of aromatic nitrogens is 2. The van der Waals surface area contributed by atoms with E-state index < -0.39 is 0 Å². The largest absolute Gasteiger partial charge is 0.485 e. The third-order valence-electron chi connectivity index (χ3n) is 5.96. The molecule has 0 saturated heterocycles. The molecule has 0 saturated carbocycles. The molecule has 0 atom stereocenters. The van der Waals surface area contributed by atoms with Crippen molar-refractivity contribution < 1.29 is 13.9 Å². The molecule has 0 aliphatic carbocycles. The average molecular weight is 520 g/mol. The van der Waals surface area contributed by atoms with Crippen molar-refractivity contribution in [2.24, 2.45) is 0 Å². The van der Waals surface area contributed by atoms with Gasteiger partial charge in [-0.15, -0.1) is 0 Å². The number of carbonyl (C=O) groups is 1. The van der Waals surface area contributed by atoms with Crippen molar-refractivity contribution in [2.45, 2.75) is 27.0 Å². The van der Waals surface area contributed by atoms with Crippen LogP contribution in [0.15, 0.2) is 77.2 Å². The van der Waals surface area contributed by atoms with Crippen LogP contribution < -0.4 is 10.1 Å². The normalized spacial score (nSPS) is 11.1. The molecular weight excluding hydrogens is 497 g/mol. The predicted octanol–water partition coefficient (Wildman–Crippen LogP) is 7.43. The maximum atomic E-state index is 12.9. The number of furan rings is 1. The Balaban J connectivity index is 1.27. The van der Waals surface area contributed by atoms with Crippen molar-refractivity contribution in [2.75, 3.05) is 5.32 Å². The molecule has 182 valence electrons. The molecule has 5 aromatic rings. The zero-order valence-electron chi connectivity index (χ0n) is 19.7. The van der Waals surface area contributed by atoms with Crippen molar-refractivity contribution in [3.8, 4) is 5.75 Å². The van der Waals surface area contributed by atoms with Crippen LogP contribution in [0.5, 0.6) is 5.75 Å². The summed E-state index contributed by atoms with van der Waals surface area (Å²) in [6.07, 6.45) is 0. The lowest BCUT2D eigenvalue weighted by Gasteiger charge is -2.08. The minimum absolute atomic E-state index is 0.193. The van der Waals surface area contributed by atoms with Gasteiger partial charge in [-0.3, -0.25) is 9.48 Å². The van der Waals surface area contributed by atoms with Crippen LogP contribution in [0.25, 0.3) is 10.8 Å². The van der Waals surface area contributed by atoms with Gasteiger partial charge in [0.15, 0.2) is 5.76 Å². The van der Waals surface area contributed by atoms with Crippen molar-refractivity contribution in [1.29, 1.82) is 0 Å². The summed E-state index contributed by atoms with van der Waals surface area (Å²) >= 11 is 12.3. The zero-order valence-corrected chi connectivity index (χ0v) is 21.2. The molecule has 1 N–H and O–H groups in total. The number of rotatable bonds is 7. The number of fused-ring (bicyclic) bond motifs is 1. The summed E-state index contributed by atoms with van der Waals surface area (Å²) in [5, 5.41) is 10.7. The first-order valence-electron chi connectivity index (χ1n) is 11.4. The second-order valence-corrected chi connectivity index (χ2v) is 9.27. The van der Waals surface area contributed by atoms with E-state index in [0.29, 0.717) is 33.7 Å². The number of aryl methyl sites for hydroxylation is 1. The number of benzene rings is 3. The predicted molar refractivity (Wildman–Crippen MR) is 142 cm³/mol. The van der Waals surface area contributed by atoms with Crippen molar-refractivity contribution in [1.82, 2.24) is 9.78 Å². The number of ether oxygens (including phenoxy) is 1. The van der Waals surface area contributed by atoms with E-state index in [1.54, 1.807) is 28.9 Å². The lowest BCUT2D eigenvalue weighted by atomic mass is 10.1. The maximum absolute atomic E-state index is 12.9. The fraction of sp³-hybridized carbons (Fsp3) is 0.143. The summed E-state index contributed by atoms with van der Waals surface area (Å²) in [5.41, 5.74) is 3.01. The number of nitrogens with zero attached hydrogens (tertiary/aromatic N) is 2. The number of hydrogen-bond donors (Lipinski definition) is 1. The van der Waals surface area contributed by atoms with E-state index in [4.69, 9.17) is 32.4 Å². The third-order valence-corrected chi connectivity index (χ3v) is 6.55. The molecule has 1 amide bonds. The first kappa shape index (κ1) is 24.0. The SMILES string of the molecule is Cc1nn(Cc2ccc(Cl)cc2Cl)c(C)c1NC(=O)c1ccc(COc2cccc3ccccc23)o1. The van der Waals surface area contributed by atoms with Crippen LogP contribution in [0.3, 0.4) is 0 Å². The Morgan fingerprint density at radius 1 is 1.03 bits per heavy atom. The van der Waals surface area contributed by atoms with Crippen LogP contribution in [0.2, 0.25) is 10.0 Å². The fourth-order valence-corrected chi connectivity index (χ4v) is 4.53. The van der Waals surface area contributed by atoms with Crippen LogP contribution in [0, 0.1) is 13.8 Å². The van der Waals surface area contributed by atoms with Crippen LogP contribution >= 0.6 is 23.2 Å². The Kier molecular flexibility index (Phi) is 6.72. The number of anilines is 1. The molecule has 2 aromatic heterocycles. The minimum atomic E-state index is -0.360. The molecule has 3 aromatic carbocycles. The molecule has 8 heteroatoms. The quantitative estimate of drug-likeness (QED) is 0.242. The van der Waals surface area contributed by atoms with Gasteiger partial charge in [-0.05, 0) is 55.1 Å². The minimum Gasteiger partial charge on any atom is -0.485 e. The molecule has 2 heterocycles. The van der Waals surface area contributed by atoms with E-state index in [1.807, 2.05) is 62.4 Å². The Hall–Kier alpha value is -3.74. The van der Waals surface area contributed by atoms with Gasteiger partial charge >= 0.3 is 0 Å². The molecular formula is C28H23Cl2N3O3. The fourth-order valence-electron chi connectivity index (χ4n) is 4.07. The highest BCUT2D eigenvalue weighted by Crippen LogP contribution is 2.27. The van der Waals surface area contributed by atoms with Gasteiger partial charge in [-0.2, -0.15) is 5.10 Å².